The SMILES string of the molecule is C[C@@H]1C[C@H](C)CN(C(=O)c2nc(-c3ccc(Cl)cc3)c(-c3ccc(S(N)(=O)=O)cc3)s2)C1. The zero-order chi connectivity index (χ0) is 23.0. The molecule has 2 atom stereocenters. The van der Waals surface area contributed by atoms with Gasteiger partial charge in [-0.2, -0.15) is 0 Å². The van der Waals surface area contributed by atoms with Crippen molar-refractivity contribution in [3.8, 4) is 21.7 Å². The molecule has 3 aromatic rings. The van der Waals surface area contributed by atoms with Crippen LogP contribution in [-0.2, 0) is 10.0 Å². The lowest BCUT2D eigenvalue weighted by molar-refractivity contribution is 0.0623. The number of hydrogen-bond acceptors (Lipinski definition) is 5. The van der Waals surface area contributed by atoms with Crippen molar-refractivity contribution < 1.29 is 13.2 Å². The van der Waals surface area contributed by atoms with Gasteiger partial charge < -0.3 is 4.90 Å². The summed E-state index contributed by atoms with van der Waals surface area (Å²) < 4.78 is 23.3. The average Bonchev–Trinajstić information content (AvgIpc) is 3.18. The molecule has 0 spiro atoms. The molecule has 32 heavy (non-hydrogen) atoms. The summed E-state index contributed by atoms with van der Waals surface area (Å²) in [5.74, 6) is 0.822. The summed E-state index contributed by atoms with van der Waals surface area (Å²) in [7, 11) is -3.79. The van der Waals surface area contributed by atoms with E-state index < -0.39 is 10.0 Å². The first-order valence-electron chi connectivity index (χ1n) is 10.3. The number of carbonyl (C=O) groups excluding carboxylic acids is 1. The summed E-state index contributed by atoms with van der Waals surface area (Å²) in [6.07, 6.45) is 1.11. The number of primary sulfonamides is 1. The molecule has 4 rings (SSSR count). The Labute approximate surface area is 197 Å². The lowest BCUT2D eigenvalue weighted by Gasteiger charge is -2.34. The molecule has 0 aliphatic carbocycles. The number of piperidine rings is 1. The van der Waals surface area contributed by atoms with Crippen molar-refractivity contribution in [3.05, 3.63) is 58.6 Å². The van der Waals surface area contributed by atoms with Crippen molar-refractivity contribution in [1.29, 1.82) is 0 Å². The van der Waals surface area contributed by atoms with E-state index in [1.807, 2.05) is 17.0 Å². The molecule has 1 fully saturated rings. The van der Waals surface area contributed by atoms with Gasteiger partial charge in [0.05, 0.1) is 15.5 Å². The second-order valence-electron chi connectivity index (χ2n) is 8.43. The van der Waals surface area contributed by atoms with Crippen molar-refractivity contribution in [2.75, 3.05) is 13.1 Å². The van der Waals surface area contributed by atoms with Crippen LogP contribution in [0.15, 0.2) is 53.4 Å². The van der Waals surface area contributed by atoms with Gasteiger partial charge in [0.1, 0.15) is 0 Å². The van der Waals surface area contributed by atoms with Gasteiger partial charge >= 0.3 is 0 Å². The molecule has 2 N–H and O–H groups in total. The van der Waals surface area contributed by atoms with Crippen LogP contribution in [0, 0.1) is 11.8 Å². The highest BCUT2D eigenvalue weighted by atomic mass is 35.5. The molecule has 0 bridgehead atoms. The maximum Gasteiger partial charge on any atom is 0.282 e. The number of nitrogens with two attached hydrogens (primary N) is 1. The van der Waals surface area contributed by atoms with E-state index >= 15 is 0 Å². The zero-order valence-corrected chi connectivity index (χ0v) is 20.2. The maximum absolute atomic E-state index is 13.3. The number of halogens is 1. The van der Waals surface area contributed by atoms with Crippen molar-refractivity contribution in [2.24, 2.45) is 17.0 Å². The van der Waals surface area contributed by atoms with Crippen LogP contribution >= 0.6 is 22.9 Å². The number of sulfonamides is 1. The van der Waals surface area contributed by atoms with Crippen molar-refractivity contribution >= 4 is 38.9 Å². The molecule has 2 aromatic carbocycles. The summed E-state index contributed by atoms with van der Waals surface area (Å²) >= 11 is 7.37. The first-order valence-corrected chi connectivity index (χ1v) is 13.0. The Bertz CT molecular complexity index is 1230. The molecule has 168 valence electrons. The number of hydrogen-bond donors (Lipinski definition) is 1. The molecule has 1 aliphatic rings. The van der Waals surface area contributed by atoms with Crippen molar-refractivity contribution in [1.82, 2.24) is 9.88 Å². The zero-order valence-electron chi connectivity index (χ0n) is 17.8. The van der Waals surface area contributed by atoms with Crippen LogP contribution in [0.25, 0.3) is 21.7 Å². The molecule has 1 amide bonds. The van der Waals surface area contributed by atoms with Crippen LogP contribution in [0.3, 0.4) is 0 Å². The highest BCUT2D eigenvalue weighted by Gasteiger charge is 2.29. The minimum Gasteiger partial charge on any atom is -0.336 e. The highest BCUT2D eigenvalue weighted by molar-refractivity contribution is 7.89. The number of aromatic nitrogens is 1. The molecule has 2 heterocycles. The Hall–Kier alpha value is -2.26. The van der Waals surface area contributed by atoms with Gasteiger partial charge in [-0.05, 0) is 48.1 Å². The van der Waals surface area contributed by atoms with Gasteiger partial charge in [-0.1, -0.05) is 49.7 Å². The Balaban J connectivity index is 1.77. The number of rotatable bonds is 4. The minimum atomic E-state index is -3.79. The first kappa shape index (κ1) is 22.9. The average molecular weight is 490 g/mol. The van der Waals surface area contributed by atoms with E-state index in [1.54, 1.807) is 24.3 Å². The Morgan fingerprint density at radius 1 is 1.03 bits per heavy atom. The summed E-state index contributed by atoms with van der Waals surface area (Å²) in [5, 5.41) is 6.25. The van der Waals surface area contributed by atoms with Crippen LogP contribution in [0.5, 0.6) is 0 Å². The fourth-order valence-electron chi connectivity index (χ4n) is 4.17. The lowest BCUT2D eigenvalue weighted by atomic mass is 9.92. The number of carbonyl (C=O) groups is 1. The summed E-state index contributed by atoms with van der Waals surface area (Å²) in [6, 6.07) is 13.6. The molecule has 6 nitrogen and oxygen atoms in total. The maximum atomic E-state index is 13.3. The van der Waals surface area contributed by atoms with Gasteiger partial charge in [0.15, 0.2) is 5.01 Å². The molecule has 0 unspecified atom stereocenters. The predicted octanol–water partition coefficient (Wildman–Crippen LogP) is 4.90. The number of amides is 1. The number of likely N-dealkylation sites (tertiary alicyclic amines) is 1. The fraction of sp³-hybridized carbons (Fsp3) is 0.304. The van der Waals surface area contributed by atoms with Gasteiger partial charge in [0.25, 0.3) is 5.91 Å². The fourth-order valence-corrected chi connectivity index (χ4v) is 5.87. The van der Waals surface area contributed by atoms with Crippen LogP contribution in [-0.4, -0.2) is 37.3 Å². The van der Waals surface area contributed by atoms with Gasteiger partial charge in [0.2, 0.25) is 10.0 Å². The first-order chi connectivity index (χ1) is 15.1. The Kier molecular flexibility index (Phi) is 6.40. The number of nitrogens with zero attached hydrogens (tertiary/aromatic N) is 2. The largest absolute Gasteiger partial charge is 0.336 e. The second kappa shape index (κ2) is 8.94. The molecular formula is C23H24ClN3O3S2. The third kappa shape index (κ3) is 4.88. The van der Waals surface area contributed by atoms with Crippen LogP contribution in [0.2, 0.25) is 5.02 Å². The van der Waals surface area contributed by atoms with Crippen LogP contribution in [0.4, 0.5) is 0 Å². The van der Waals surface area contributed by atoms with Gasteiger partial charge in [-0.15, -0.1) is 11.3 Å². The summed E-state index contributed by atoms with van der Waals surface area (Å²) in [6.45, 7) is 5.76. The standard InChI is InChI=1S/C23H24ClN3O3S2/c1-14-11-15(2)13-27(12-14)23(28)22-26-20(16-3-7-18(24)8-4-16)21(31-22)17-5-9-19(10-6-17)32(25,29)30/h3-10,14-15H,11-13H2,1-2H3,(H2,25,29,30)/t14-,15+. The summed E-state index contributed by atoms with van der Waals surface area (Å²) in [4.78, 5) is 20.7. The Morgan fingerprint density at radius 3 is 2.16 bits per heavy atom. The molecule has 0 radical (unpaired) electrons. The third-order valence-electron chi connectivity index (χ3n) is 5.53. The highest BCUT2D eigenvalue weighted by Crippen LogP contribution is 2.38. The van der Waals surface area contributed by atoms with E-state index in [0.29, 0.717) is 27.6 Å². The number of benzene rings is 2. The van der Waals surface area contributed by atoms with E-state index in [9.17, 15) is 13.2 Å². The third-order valence-corrected chi connectivity index (χ3v) is 7.80. The number of thiazole rings is 1. The van der Waals surface area contributed by atoms with Crippen molar-refractivity contribution in [2.45, 2.75) is 25.2 Å². The summed E-state index contributed by atoms with van der Waals surface area (Å²) in [5.41, 5.74) is 2.26. The quantitative estimate of drug-likeness (QED) is 0.564. The predicted molar refractivity (Wildman–Crippen MR) is 128 cm³/mol. The molecule has 1 aliphatic heterocycles. The molecule has 1 aromatic heterocycles. The van der Waals surface area contributed by atoms with E-state index in [4.69, 9.17) is 21.7 Å². The van der Waals surface area contributed by atoms with E-state index in [2.05, 4.69) is 13.8 Å². The van der Waals surface area contributed by atoms with Gasteiger partial charge in [-0.3, -0.25) is 4.79 Å². The monoisotopic (exact) mass is 489 g/mol. The van der Waals surface area contributed by atoms with Crippen LogP contribution < -0.4 is 5.14 Å². The van der Waals surface area contributed by atoms with Gasteiger partial charge in [0, 0.05) is 23.7 Å². The normalized spacial score (nSPS) is 19.2. The topological polar surface area (TPSA) is 93.4 Å². The molecule has 1 saturated heterocycles. The minimum absolute atomic E-state index is 0.0337. The molecular weight excluding hydrogens is 466 g/mol. The van der Waals surface area contributed by atoms with E-state index in [1.165, 1.54) is 23.5 Å². The Morgan fingerprint density at radius 2 is 1.59 bits per heavy atom. The van der Waals surface area contributed by atoms with Crippen LogP contribution in [0.1, 0.15) is 30.1 Å². The lowest BCUT2D eigenvalue weighted by Crippen LogP contribution is -2.42. The molecule has 0 saturated carbocycles. The smallest absolute Gasteiger partial charge is 0.282 e. The molecule has 9 heteroatoms. The van der Waals surface area contributed by atoms with Gasteiger partial charge in [-0.25, -0.2) is 18.5 Å². The van der Waals surface area contributed by atoms with E-state index in [-0.39, 0.29) is 10.8 Å². The second-order valence-corrected chi connectivity index (χ2v) is 11.4. The van der Waals surface area contributed by atoms with E-state index in [0.717, 1.165) is 35.5 Å². The van der Waals surface area contributed by atoms with Crippen molar-refractivity contribution in [3.63, 3.8) is 0 Å².